The van der Waals surface area contributed by atoms with Gasteiger partial charge in [0.25, 0.3) is 0 Å². The van der Waals surface area contributed by atoms with Crippen LogP contribution in [0, 0.1) is 0 Å². The summed E-state index contributed by atoms with van der Waals surface area (Å²) in [6.45, 7) is 0. The zero-order valence-electron chi connectivity index (χ0n) is 10.5. The predicted octanol–water partition coefficient (Wildman–Crippen LogP) is 4.82. The Morgan fingerprint density at radius 1 is 0.850 bits per heavy atom. The molecule has 20 heavy (non-hydrogen) atoms. The molecule has 0 atom stereocenters. The lowest BCUT2D eigenvalue weighted by atomic mass is 10.1. The van der Waals surface area contributed by atoms with Gasteiger partial charge in [0, 0.05) is 0 Å². The van der Waals surface area contributed by atoms with Crippen LogP contribution >= 0.6 is 15.9 Å². The Morgan fingerprint density at radius 2 is 1.55 bits per heavy atom. The molecule has 0 aliphatic carbocycles. The quantitative estimate of drug-likeness (QED) is 0.498. The third-order valence-corrected chi connectivity index (χ3v) is 3.86. The molecule has 0 aliphatic rings. The van der Waals surface area contributed by atoms with Crippen molar-refractivity contribution in [3.63, 3.8) is 0 Å². The van der Waals surface area contributed by atoms with Gasteiger partial charge in [-0.25, -0.2) is 4.79 Å². The number of benzene rings is 3. The number of hydrogen-bond donors (Lipinski definition) is 0. The molecule has 98 valence electrons. The highest BCUT2D eigenvalue weighted by Crippen LogP contribution is 2.33. The van der Waals surface area contributed by atoms with Gasteiger partial charge in [0.15, 0.2) is 0 Å². The molecule has 0 spiro atoms. The second-order valence-electron chi connectivity index (χ2n) is 4.35. The van der Waals surface area contributed by atoms with E-state index in [1.54, 1.807) is 18.2 Å². The average molecular weight is 327 g/mol. The molecular formula is C17H11BrO2. The second kappa shape index (κ2) is 5.47. The molecule has 0 unspecified atom stereocenters. The summed E-state index contributed by atoms with van der Waals surface area (Å²) < 4.78 is 6.25. The summed E-state index contributed by atoms with van der Waals surface area (Å²) in [4.78, 5) is 12.1. The van der Waals surface area contributed by atoms with Crippen LogP contribution in [0.4, 0.5) is 0 Å². The Kier molecular flexibility index (Phi) is 3.52. The van der Waals surface area contributed by atoms with Gasteiger partial charge in [-0.2, -0.15) is 0 Å². The van der Waals surface area contributed by atoms with Gasteiger partial charge in [0.1, 0.15) is 5.75 Å². The molecule has 0 heterocycles. The van der Waals surface area contributed by atoms with Crippen molar-refractivity contribution in [3.05, 3.63) is 76.8 Å². The van der Waals surface area contributed by atoms with Crippen LogP contribution in [-0.4, -0.2) is 5.97 Å². The van der Waals surface area contributed by atoms with Gasteiger partial charge < -0.3 is 4.74 Å². The first-order valence-corrected chi connectivity index (χ1v) is 6.99. The van der Waals surface area contributed by atoms with E-state index >= 15 is 0 Å². The minimum absolute atomic E-state index is 0.360. The van der Waals surface area contributed by atoms with Gasteiger partial charge in [-0.05, 0) is 44.9 Å². The minimum Gasteiger partial charge on any atom is -0.422 e. The Bertz CT molecular complexity index is 766. The van der Waals surface area contributed by atoms with Crippen LogP contribution in [0.2, 0.25) is 0 Å². The van der Waals surface area contributed by atoms with Gasteiger partial charge in [-0.15, -0.1) is 0 Å². The number of fused-ring (bicyclic) bond motifs is 1. The Balaban J connectivity index is 1.95. The number of esters is 1. The van der Waals surface area contributed by atoms with Crippen LogP contribution in [0.25, 0.3) is 10.8 Å². The standard InChI is InChI=1S/C17H11BrO2/c18-16-14-9-5-4-6-12(14)10-11-15(16)20-17(19)13-7-2-1-3-8-13/h1-11H. The SMILES string of the molecule is O=C(Oc1ccc2ccccc2c1Br)c1ccccc1. The third-order valence-electron chi connectivity index (χ3n) is 3.04. The predicted molar refractivity (Wildman–Crippen MR) is 83.0 cm³/mol. The second-order valence-corrected chi connectivity index (χ2v) is 5.15. The molecule has 3 aromatic rings. The fraction of sp³-hybridized carbons (Fsp3) is 0. The molecule has 0 N–H and O–H groups in total. The van der Waals surface area contributed by atoms with Crippen LogP contribution < -0.4 is 4.74 Å². The van der Waals surface area contributed by atoms with E-state index in [9.17, 15) is 4.79 Å². The highest BCUT2D eigenvalue weighted by molar-refractivity contribution is 9.10. The lowest BCUT2D eigenvalue weighted by molar-refractivity contribution is 0.0734. The van der Waals surface area contributed by atoms with Gasteiger partial charge in [0.2, 0.25) is 0 Å². The van der Waals surface area contributed by atoms with Gasteiger partial charge >= 0.3 is 5.97 Å². The van der Waals surface area contributed by atoms with Crippen LogP contribution in [0.5, 0.6) is 5.75 Å². The smallest absolute Gasteiger partial charge is 0.343 e. The van der Waals surface area contributed by atoms with Crippen LogP contribution in [0.3, 0.4) is 0 Å². The first-order valence-electron chi connectivity index (χ1n) is 6.20. The molecular weight excluding hydrogens is 316 g/mol. The molecule has 0 radical (unpaired) electrons. The molecule has 0 aliphatic heterocycles. The number of rotatable bonds is 2. The molecule has 0 fully saturated rings. The number of carbonyl (C=O) groups is 1. The molecule has 2 nitrogen and oxygen atoms in total. The van der Waals surface area contributed by atoms with E-state index in [2.05, 4.69) is 15.9 Å². The molecule has 0 amide bonds. The third kappa shape index (κ3) is 2.45. The van der Waals surface area contributed by atoms with Gasteiger partial charge in [0.05, 0.1) is 10.0 Å². The van der Waals surface area contributed by atoms with Crippen molar-refractivity contribution in [1.82, 2.24) is 0 Å². The van der Waals surface area contributed by atoms with E-state index in [1.165, 1.54) is 0 Å². The molecule has 0 saturated heterocycles. The topological polar surface area (TPSA) is 26.3 Å². The zero-order valence-corrected chi connectivity index (χ0v) is 12.1. The maximum absolute atomic E-state index is 12.1. The van der Waals surface area contributed by atoms with E-state index in [1.807, 2.05) is 48.5 Å². The number of carbonyl (C=O) groups excluding carboxylic acids is 1. The Morgan fingerprint density at radius 3 is 2.35 bits per heavy atom. The van der Waals surface area contributed by atoms with Gasteiger partial charge in [-0.1, -0.05) is 48.5 Å². The first kappa shape index (κ1) is 12.9. The monoisotopic (exact) mass is 326 g/mol. The Labute approximate surface area is 125 Å². The van der Waals surface area contributed by atoms with Crippen molar-refractivity contribution in [2.24, 2.45) is 0 Å². The number of halogens is 1. The summed E-state index contributed by atoms with van der Waals surface area (Å²) in [5, 5.41) is 2.12. The molecule has 0 aromatic heterocycles. The molecule has 0 saturated carbocycles. The summed E-state index contributed by atoms with van der Waals surface area (Å²) in [7, 11) is 0. The molecule has 0 bridgehead atoms. The van der Waals surface area contributed by atoms with E-state index in [4.69, 9.17) is 4.74 Å². The maximum Gasteiger partial charge on any atom is 0.343 e. The van der Waals surface area contributed by atoms with Crippen LogP contribution in [-0.2, 0) is 0 Å². The first-order chi connectivity index (χ1) is 9.75. The van der Waals surface area contributed by atoms with E-state index < -0.39 is 0 Å². The van der Waals surface area contributed by atoms with Crippen LogP contribution in [0.15, 0.2) is 71.2 Å². The van der Waals surface area contributed by atoms with Crippen molar-refractivity contribution in [2.45, 2.75) is 0 Å². The normalized spacial score (nSPS) is 10.4. The van der Waals surface area contributed by atoms with Crippen LogP contribution in [0.1, 0.15) is 10.4 Å². The lowest BCUT2D eigenvalue weighted by Gasteiger charge is -2.08. The fourth-order valence-corrected chi connectivity index (χ4v) is 2.60. The highest BCUT2D eigenvalue weighted by atomic mass is 79.9. The largest absolute Gasteiger partial charge is 0.422 e. The van der Waals surface area contributed by atoms with E-state index in [-0.39, 0.29) is 5.97 Å². The van der Waals surface area contributed by atoms with Crippen molar-refractivity contribution < 1.29 is 9.53 Å². The van der Waals surface area contributed by atoms with Crippen molar-refractivity contribution in [1.29, 1.82) is 0 Å². The summed E-state index contributed by atoms with van der Waals surface area (Å²) in [5.41, 5.74) is 0.535. The maximum atomic E-state index is 12.1. The Hall–Kier alpha value is -2.13. The minimum atomic E-state index is -0.360. The lowest BCUT2D eigenvalue weighted by Crippen LogP contribution is -2.08. The number of hydrogen-bond acceptors (Lipinski definition) is 2. The summed E-state index contributed by atoms with van der Waals surface area (Å²) in [6.07, 6.45) is 0. The summed E-state index contributed by atoms with van der Waals surface area (Å²) in [6, 6.07) is 20.6. The average Bonchev–Trinajstić information content (AvgIpc) is 2.51. The molecule has 3 rings (SSSR count). The number of ether oxygens (including phenoxy) is 1. The fourth-order valence-electron chi connectivity index (χ4n) is 2.03. The van der Waals surface area contributed by atoms with Crippen molar-refractivity contribution in [2.75, 3.05) is 0 Å². The van der Waals surface area contributed by atoms with Crippen molar-refractivity contribution >= 4 is 32.7 Å². The molecule has 3 heteroatoms. The summed E-state index contributed by atoms with van der Waals surface area (Å²) in [5.74, 6) is 0.166. The summed E-state index contributed by atoms with van der Waals surface area (Å²) >= 11 is 3.51. The van der Waals surface area contributed by atoms with Crippen molar-refractivity contribution in [3.8, 4) is 5.75 Å². The highest BCUT2D eigenvalue weighted by Gasteiger charge is 2.12. The van der Waals surface area contributed by atoms with Gasteiger partial charge in [-0.3, -0.25) is 0 Å². The zero-order chi connectivity index (χ0) is 13.9. The van der Waals surface area contributed by atoms with E-state index in [0.717, 1.165) is 15.2 Å². The van der Waals surface area contributed by atoms with E-state index in [0.29, 0.717) is 11.3 Å². The molecule has 3 aromatic carbocycles.